The lowest BCUT2D eigenvalue weighted by molar-refractivity contribution is -0.147. The summed E-state index contributed by atoms with van der Waals surface area (Å²) < 4.78 is 30.6. The number of carboxylic acid groups (broad SMARTS) is 1. The van der Waals surface area contributed by atoms with Crippen molar-refractivity contribution in [1.82, 2.24) is 20.4 Å². The van der Waals surface area contributed by atoms with Crippen molar-refractivity contribution in [2.24, 2.45) is 17.8 Å². The molecule has 0 aromatic heterocycles. The summed E-state index contributed by atoms with van der Waals surface area (Å²) in [7, 11) is 0.313. The molecule has 1 aromatic carbocycles. The van der Waals surface area contributed by atoms with E-state index in [0.29, 0.717) is 32.2 Å². The number of rotatable bonds is 22. The van der Waals surface area contributed by atoms with Crippen molar-refractivity contribution in [2.45, 2.75) is 123 Å². The molecule has 52 heavy (non-hydrogen) atoms. The minimum atomic E-state index is -4.27. The second-order valence-corrected chi connectivity index (χ2v) is 16.2. The molecule has 1 heterocycles. The third kappa shape index (κ3) is 12.5. The van der Waals surface area contributed by atoms with Crippen molar-refractivity contribution in [3.05, 3.63) is 35.9 Å². The summed E-state index contributed by atoms with van der Waals surface area (Å²) >= 11 is 0. The Hall–Kier alpha value is -3.03. The number of hydrogen-bond acceptors (Lipinski definition) is 8. The third-order valence-corrected chi connectivity index (χ3v) is 11.9. The fourth-order valence-electron chi connectivity index (χ4n) is 6.98. The molecule has 1 aliphatic heterocycles. The topological polar surface area (TPSA) is 184 Å². The van der Waals surface area contributed by atoms with Crippen molar-refractivity contribution < 1.29 is 47.7 Å². The normalized spacial score (nSPS) is 19.8. The van der Waals surface area contributed by atoms with E-state index < -0.39 is 67.5 Å². The van der Waals surface area contributed by atoms with Crippen LogP contribution in [0.25, 0.3) is 0 Å². The molecule has 296 valence electrons. The first kappa shape index (κ1) is 45.1. The Morgan fingerprint density at radius 1 is 1.04 bits per heavy atom. The van der Waals surface area contributed by atoms with E-state index >= 15 is 0 Å². The smallest absolute Gasteiger partial charge is 0.405 e. The van der Waals surface area contributed by atoms with Gasteiger partial charge in [0.05, 0.1) is 43.2 Å². The van der Waals surface area contributed by atoms with Crippen molar-refractivity contribution >= 4 is 31.4 Å². The van der Waals surface area contributed by atoms with Gasteiger partial charge in [0.1, 0.15) is 11.8 Å². The molecule has 1 aromatic rings. The molecule has 1 saturated heterocycles. The number of carbonyl (C=O) groups is 4. The lowest BCUT2D eigenvalue weighted by atomic mass is 9.89. The molecule has 15 heteroatoms. The number of benzene rings is 1. The zero-order valence-electron chi connectivity index (χ0n) is 32.4. The highest BCUT2D eigenvalue weighted by molar-refractivity contribution is 7.53. The first-order valence-electron chi connectivity index (χ1n) is 18.5. The average molecular weight is 755 g/mol. The number of unbranched alkanes of at least 4 members (excludes halogenated alkanes) is 1. The van der Waals surface area contributed by atoms with Crippen LogP contribution in [-0.2, 0) is 39.4 Å². The number of likely N-dealkylation sites (tertiary alicyclic amines) is 1. The van der Waals surface area contributed by atoms with Crippen LogP contribution in [-0.4, -0.2) is 114 Å². The van der Waals surface area contributed by atoms with Crippen LogP contribution in [0.5, 0.6) is 0 Å². The highest BCUT2D eigenvalue weighted by Gasteiger charge is 2.44. The van der Waals surface area contributed by atoms with Gasteiger partial charge in [-0.05, 0) is 36.7 Å². The van der Waals surface area contributed by atoms with Gasteiger partial charge in [0, 0.05) is 34.2 Å². The maximum atomic E-state index is 14.1. The molecule has 0 bridgehead atoms. The van der Waals surface area contributed by atoms with Crippen molar-refractivity contribution in [3.63, 3.8) is 0 Å². The Morgan fingerprint density at radius 3 is 2.23 bits per heavy atom. The predicted octanol–water partition coefficient (Wildman–Crippen LogP) is 4.89. The SMILES string of the molecule is CCCCOP(=O)(O)C(Cc1ccccc1)NC(=O)C(C)C(OC)[C@@H]1CCCN1C(=O)CC(OC)C(C(C)CC)N(C)C(=O)C(NC(=O)O)C(C)C. The molecule has 9 atom stereocenters. The second-order valence-electron chi connectivity index (χ2n) is 14.2. The van der Waals surface area contributed by atoms with Gasteiger partial charge in [-0.25, -0.2) is 4.79 Å². The highest BCUT2D eigenvalue weighted by atomic mass is 31.2. The number of ether oxygens (including phenoxy) is 2. The molecule has 0 aliphatic carbocycles. The van der Waals surface area contributed by atoms with E-state index in [2.05, 4.69) is 10.6 Å². The molecular formula is C37H63N4O10P. The highest BCUT2D eigenvalue weighted by Crippen LogP contribution is 2.48. The van der Waals surface area contributed by atoms with Crippen LogP contribution in [0.4, 0.5) is 4.79 Å². The van der Waals surface area contributed by atoms with Crippen molar-refractivity contribution in [2.75, 3.05) is 34.4 Å². The van der Waals surface area contributed by atoms with Crippen LogP contribution in [0, 0.1) is 17.8 Å². The number of methoxy groups -OCH3 is 2. The van der Waals surface area contributed by atoms with Gasteiger partial charge in [0.2, 0.25) is 17.7 Å². The quantitative estimate of drug-likeness (QED) is 0.0940. The Kier molecular flexibility index (Phi) is 18.8. The van der Waals surface area contributed by atoms with Crippen LogP contribution < -0.4 is 10.6 Å². The zero-order chi connectivity index (χ0) is 39.2. The summed E-state index contributed by atoms with van der Waals surface area (Å²) in [5.74, 6) is -3.54. The van der Waals surface area contributed by atoms with Crippen LogP contribution >= 0.6 is 7.60 Å². The van der Waals surface area contributed by atoms with Crippen molar-refractivity contribution in [3.8, 4) is 0 Å². The maximum absolute atomic E-state index is 14.1. The van der Waals surface area contributed by atoms with E-state index in [9.17, 15) is 33.7 Å². The largest absolute Gasteiger partial charge is 0.465 e. The number of likely N-dealkylation sites (N-methyl/N-ethyl adjacent to an activating group) is 1. The van der Waals surface area contributed by atoms with Crippen LogP contribution in [0.15, 0.2) is 30.3 Å². The summed E-state index contributed by atoms with van der Waals surface area (Å²) in [5.41, 5.74) is 0.762. The van der Waals surface area contributed by atoms with Gasteiger partial charge >= 0.3 is 13.7 Å². The molecule has 4 N–H and O–H groups in total. The summed E-state index contributed by atoms with van der Waals surface area (Å²) in [5, 5.41) is 14.5. The van der Waals surface area contributed by atoms with Gasteiger partial charge in [-0.15, -0.1) is 0 Å². The Balaban J connectivity index is 2.29. The van der Waals surface area contributed by atoms with Crippen LogP contribution in [0.3, 0.4) is 0 Å². The van der Waals surface area contributed by atoms with E-state index in [1.165, 1.54) is 19.1 Å². The predicted molar refractivity (Wildman–Crippen MR) is 199 cm³/mol. The standard InChI is InChI=1S/C37H63N4O10P/c1-10-12-21-51-52(47,48)30(22-27-17-14-13-15-18-27)38-35(43)26(6)34(50-9)28-19-16-20-41(28)31(42)23-29(49-8)33(25(5)11-2)40(7)36(44)32(24(3)4)39-37(45)46/h13-15,17-18,24-26,28-30,32-34,39H,10-12,16,19-23H2,1-9H3,(H,38,43)(H,45,46)(H,47,48)/t25?,26?,28-,29?,30?,32?,33?,34?/m0/s1. The van der Waals surface area contributed by atoms with Gasteiger partial charge in [-0.2, -0.15) is 0 Å². The van der Waals surface area contributed by atoms with Gasteiger partial charge in [-0.1, -0.05) is 84.7 Å². The first-order valence-corrected chi connectivity index (χ1v) is 20.1. The maximum Gasteiger partial charge on any atom is 0.405 e. The van der Waals surface area contributed by atoms with E-state index in [4.69, 9.17) is 14.0 Å². The molecule has 0 radical (unpaired) electrons. The molecule has 4 amide bonds. The summed E-state index contributed by atoms with van der Waals surface area (Å²) in [4.78, 5) is 67.2. The lowest BCUT2D eigenvalue weighted by Crippen LogP contribution is -2.57. The molecule has 1 fully saturated rings. The fourth-order valence-corrected chi connectivity index (χ4v) is 8.29. The number of nitrogens with one attached hydrogen (secondary N) is 2. The Labute approximate surface area is 309 Å². The van der Waals surface area contributed by atoms with Gasteiger partial charge in [0.15, 0.2) is 0 Å². The average Bonchev–Trinajstić information content (AvgIpc) is 3.59. The molecule has 2 rings (SSSR count). The number of carbonyl (C=O) groups excluding carboxylic acids is 3. The van der Waals surface area contributed by atoms with Crippen LogP contribution in [0.1, 0.15) is 85.6 Å². The molecule has 14 nitrogen and oxygen atoms in total. The number of nitrogens with zero attached hydrogens (tertiary/aromatic N) is 2. The summed E-state index contributed by atoms with van der Waals surface area (Å²) in [6.45, 7) is 11.6. The van der Waals surface area contributed by atoms with E-state index in [0.717, 1.165) is 12.0 Å². The third-order valence-electron chi connectivity index (χ3n) is 10.2. The first-order chi connectivity index (χ1) is 24.5. The molecule has 0 saturated carbocycles. The number of amides is 4. The number of hydrogen-bond donors (Lipinski definition) is 4. The molecule has 0 spiro atoms. The molecule has 1 aliphatic rings. The second kappa shape index (κ2) is 21.6. The lowest BCUT2D eigenvalue weighted by Gasteiger charge is -2.40. The molecule has 8 unspecified atom stereocenters. The zero-order valence-corrected chi connectivity index (χ0v) is 33.3. The van der Waals surface area contributed by atoms with E-state index in [1.54, 1.807) is 32.7 Å². The minimum Gasteiger partial charge on any atom is -0.465 e. The van der Waals surface area contributed by atoms with E-state index in [-0.39, 0.29) is 37.2 Å². The van der Waals surface area contributed by atoms with Gasteiger partial charge in [-0.3, -0.25) is 18.9 Å². The van der Waals surface area contributed by atoms with Gasteiger partial charge in [0.25, 0.3) is 0 Å². The van der Waals surface area contributed by atoms with Crippen molar-refractivity contribution in [1.29, 1.82) is 0 Å². The van der Waals surface area contributed by atoms with Crippen LogP contribution in [0.2, 0.25) is 0 Å². The summed E-state index contributed by atoms with van der Waals surface area (Å²) in [6, 6.07) is 7.13. The minimum absolute atomic E-state index is 0.0582. The Bertz CT molecular complexity index is 1330. The molecular weight excluding hydrogens is 691 g/mol. The van der Waals surface area contributed by atoms with Gasteiger partial charge < -0.3 is 44.4 Å². The Morgan fingerprint density at radius 2 is 1.69 bits per heavy atom. The summed E-state index contributed by atoms with van der Waals surface area (Å²) in [6.07, 6.45) is 0.602. The fraction of sp³-hybridized carbons (Fsp3) is 0.730. The van der Waals surface area contributed by atoms with E-state index in [1.807, 2.05) is 51.1 Å². The monoisotopic (exact) mass is 754 g/mol.